The lowest BCUT2D eigenvalue weighted by molar-refractivity contribution is -0.122. The summed E-state index contributed by atoms with van der Waals surface area (Å²) in [5, 5.41) is 5.19. The largest absolute Gasteiger partial charge is 0.361 e. The Balaban J connectivity index is 1.37. The second-order valence-corrected chi connectivity index (χ2v) is 7.00. The number of nitrogens with one attached hydrogen (secondary N) is 4. The Bertz CT molecular complexity index is 1010. The summed E-state index contributed by atoms with van der Waals surface area (Å²) in [4.78, 5) is 15.6. The maximum Gasteiger partial charge on any atom is 0.258 e. The van der Waals surface area contributed by atoms with E-state index in [1.165, 1.54) is 16.7 Å². The summed E-state index contributed by atoms with van der Waals surface area (Å²) in [6, 6.07) is 14.2. The van der Waals surface area contributed by atoms with Crippen LogP contribution in [0.3, 0.4) is 0 Å². The van der Waals surface area contributed by atoms with Gasteiger partial charge in [0.25, 0.3) is 5.91 Å². The lowest BCUT2D eigenvalue weighted by Crippen LogP contribution is -2.41. The molecule has 27 heavy (non-hydrogen) atoms. The van der Waals surface area contributed by atoms with Crippen molar-refractivity contribution in [1.29, 1.82) is 0 Å². The number of H-pyrrole nitrogens is 1. The first-order valence-electron chi connectivity index (χ1n) is 9.09. The van der Waals surface area contributed by atoms with E-state index in [0.29, 0.717) is 6.42 Å². The van der Waals surface area contributed by atoms with Crippen LogP contribution in [0.5, 0.6) is 0 Å². The van der Waals surface area contributed by atoms with E-state index in [1.54, 1.807) is 6.21 Å². The number of rotatable bonds is 4. The van der Waals surface area contributed by atoms with Gasteiger partial charge in [-0.05, 0) is 43.0 Å². The Labute approximate surface area is 158 Å². The van der Waals surface area contributed by atoms with E-state index in [4.69, 9.17) is 0 Å². The highest BCUT2D eigenvalue weighted by molar-refractivity contribution is 5.99. The van der Waals surface area contributed by atoms with Crippen molar-refractivity contribution in [2.45, 2.75) is 32.4 Å². The molecule has 2 aromatic carbocycles. The first-order valence-corrected chi connectivity index (χ1v) is 9.09. The molecule has 6 heteroatoms. The molecule has 0 aliphatic carbocycles. The highest BCUT2D eigenvalue weighted by Gasteiger charge is 2.30. The maximum atomic E-state index is 12.4. The average molecular weight is 361 g/mol. The summed E-state index contributed by atoms with van der Waals surface area (Å²) in [6.07, 6.45) is 4.22. The number of para-hydroxylation sites is 1. The van der Waals surface area contributed by atoms with Crippen LogP contribution in [0.2, 0.25) is 0 Å². The molecule has 1 fully saturated rings. The fourth-order valence-electron chi connectivity index (χ4n) is 3.37. The zero-order valence-corrected chi connectivity index (χ0v) is 15.4. The van der Waals surface area contributed by atoms with Crippen molar-refractivity contribution in [2.75, 3.05) is 0 Å². The lowest BCUT2D eigenvalue weighted by atomic mass is 9.98. The number of carbonyl (C=O) groups is 1. The van der Waals surface area contributed by atoms with Crippen LogP contribution in [-0.4, -0.2) is 23.1 Å². The van der Waals surface area contributed by atoms with Crippen molar-refractivity contribution in [3.63, 3.8) is 0 Å². The molecule has 4 N–H and O–H groups in total. The summed E-state index contributed by atoms with van der Waals surface area (Å²) in [5.41, 5.74) is 14.6. The predicted molar refractivity (Wildman–Crippen MR) is 107 cm³/mol. The van der Waals surface area contributed by atoms with Crippen LogP contribution < -0.4 is 16.3 Å². The van der Waals surface area contributed by atoms with Crippen LogP contribution in [0, 0.1) is 13.8 Å². The van der Waals surface area contributed by atoms with Crippen LogP contribution >= 0.6 is 0 Å². The molecule has 0 saturated carbocycles. The molecule has 1 amide bonds. The van der Waals surface area contributed by atoms with Crippen molar-refractivity contribution in [2.24, 2.45) is 5.10 Å². The molecule has 1 aromatic heterocycles. The second kappa shape index (κ2) is 7.34. The number of carbonyl (C=O) groups excluding carboxylic acids is 1. The number of aryl methyl sites for hydroxylation is 2. The van der Waals surface area contributed by atoms with Crippen LogP contribution in [0.1, 0.15) is 34.7 Å². The van der Waals surface area contributed by atoms with E-state index in [9.17, 15) is 4.79 Å². The Morgan fingerprint density at radius 2 is 2.00 bits per heavy atom. The highest BCUT2D eigenvalue weighted by Crippen LogP contribution is 2.24. The van der Waals surface area contributed by atoms with E-state index in [-0.39, 0.29) is 18.0 Å². The summed E-state index contributed by atoms with van der Waals surface area (Å²) in [6.45, 7) is 4.20. The minimum atomic E-state index is -0.322. The number of aromatic nitrogens is 1. The van der Waals surface area contributed by atoms with Crippen molar-refractivity contribution in [1.82, 2.24) is 21.3 Å². The number of hydrogen-bond donors (Lipinski definition) is 4. The fraction of sp³-hybridized carbons (Fsp3) is 0.238. The average Bonchev–Trinajstić information content (AvgIpc) is 3.32. The van der Waals surface area contributed by atoms with Crippen molar-refractivity contribution in [3.05, 3.63) is 70.9 Å². The van der Waals surface area contributed by atoms with Gasteiger partial charge in [-0.25, -0.2) is 16.3 Å². The molecule has 1 aliphatic heterocycles. The second-order valence-electron chi connectivity index (χ2n) is 7.00. The van der Waals surface area contributed by atoms with Gasteiger partial charge < -0.3 is 4.98 Å². The maximum absolute atomic E-state index is 12.4. The molecular weight excluding hydrogens is 338 g/mol. The van der Waals surface area contributed by atoms with Gasteiger partial charge in [0.2, 0.25) is 0 Å². The minimum absolute atomic E-state index is 0.109. The zero-order chi connectivity index (χ0) is 18.8. The molecule has 1 aliphatic rings. The number of amides is 1. The van der Waals surface area contributed by atoms with Crippen LogP contribution in [0.4, 0.5) is 0 Å². The van der Waals surface area contributed by atoms with Crippen molar-refractivity contribution in [3.8, 4) is 0 Å². The van der Waals surface area contributed by atoms with E-state index in [1.807, 2.05) is 30.5 Å². The van der Waals surface area contributed by atoms with E-state index in [0.717, 1.165) is 16.5 Å². The monoisotopic (exact) mass is 361 g/mol. The van der Waals surface area contributed by atoms with Crippen molar-refractivity contribution >= 4 is 23.0 Å². The molecule has 4 rings (SSSR count). The summed E-state index contributed by atoms with van der Waals surface area (Å²) < 4.78 is 0. The number of hydrazine groups is 1. The van der Waals surface area contributed by atoms with Gasteiger partial charge in [-0.3, -0.25) is 4.79 Å². The molecule has 6 nitrogen and oxygen atoms in total. The standard InChI is InChI=1S/C21H23N5O/c1-13-7-8-15(9-14(13)2)19-10-20(25-24-19)21(27)26-23-12-16-11-22-18-6-4-3-5-17(16)18/h3-9,11-12,19-20,22,24-25H,10H2,1-2H3,(H,26,27)/b23-12+. The summed E-state index contributed by atoms with van der Waals surface area (Å²) >= 11 is 0. The predicted octanol–water partition coefficient (Wildman–Crippen LogP) is 2.84. The number of hydrazone groups is 1. The number of nitrogens with zero attached hydrogens (tertiary/aromatic N) is 1. The Hall–Kier alpha value is -2.96. The third-order valence-corrected chi connectivity index (χ3v) is 5.15. The number of aromatic amines is 1. The summed E-state index contributed by atoms with van der Waals surface area (Å²) in [5.74, 6) is -0.148. The molecule has 2 heterocycles. The Morgan fingerprint density at radius 3 is 2.85 bits per heavy atom. The van der Waals surface area contributed by atoms with Gasteiger partial charge >= 0.3 is 0 Å². The van der Waals surface area contributed by atoms with Gasteiger partial charge in [0.05, 0.1) is 6.21 Å². The third-order valence-electron chi connectivity index (χ3n) is 5.15. The summed E-state index contributed by atoms with van der Waals surface area (Å²) in [7, 11) is 0. The molecule has 2 atom stereocenters. The smallest absolute Gasteiger partial charge is 0.258 e. The zero-order valence-electron chi connectivity index (χ0n) is 15.4. The Kier molecular flexibility index (Phi) is 4.75. The third kappa shape index (κ3) is 3.63. The first-order chi connectivity index (χ1) is 13.1. The first kappa shape index (κ1) is 17.5. The molecule has 2 unspecified atom stereocenters. The van der Waals surface area contributed by atoms with Gasteiger partial charge in [0.15, 0.2) is 0 Å². The molecule has 0 bridgehead atoms. The van der Waals surface area contributed by atoms with Gasteiger partial charge in [-0.2, -0.15) is 5.10 Å². The fourth-order valence-corrected chi connectivity index (χ4v) is 3.37. The lowest BCUT2D eigenvalue weighted by Gasteiger charge is -2.11. The molecule has 138 valence electrons. The SMILES string of the molecule is Cc1ccc(C2CC(C(=O)N/N=C/c3c[nH]c4ccccc34)NN2)cc1C. The number of benzene rings is 2. The van der Waals surface area contributed by atoms with E-state index >= 15 is 0 Å². The normalized spacial score (nSPS) is 19.8. The Morgan fingerprint density at radius 1 is 1.15 bits per heavy atom. The quantitative estimate of drug-likeness (QED) is 0.426. The van der Waals surface area contributed by atoms with Crippen LogP contribution in [-0.2, 0) is 4.79 Å². The van der Waals surface area contributed by atoms with E-state index < -0.39 is 0 Å². The van der Waals surface area contributed by atoms with E-state index in [2.05, 4.69) is 58.4 Å². The van der Waals surface area contributed by atoms with Crippen molar-refractivity contribution < 1.29 is 4.79 Å². The van der Waals surface area contributed by atoms with Gasteiger partial charge in [0, 0.05) is 28.7 Å². The molecular formula is C21H23N5O. The van der Waals surface area contributed by atoms with Gasteiger partial charge in [-0.15, -0.1) is 0 Å². The molecule has 0 spiro atoms. The van der Waals surface area contributed by atoms with Gasteiger partial charge in [-0.1, -0.05) is 36.4 Å². The highest BCUT2D eigenvalue weighted by atomic mass is 16.2. The van der Waals surface area contributed by atoms with Gasteiger partial charge in [0.1, 0.15) is 6.04 Å². The minimum Gasteiger partial charge on any atom is -0.361 e. The number of hydrogen-bond acceptors (Lipinski definition) is 4. The molecule has 3 aromatic rings. The molecule has 1 saturated heterocycles. The van der Waals surface area contributed by atoms with Crippen LogP contribution in [0.25, 0.3) is 10.9 Å². The van der Waals surface area contributed by atoms with Crippen LogP contribution in [0.15, 0.2) is 53.8 Å². The molecule has 0 radical (unpaired) electrons. The number of fused-ring (bicyclic) bond motifs is 1. The topological polar surface area (TPSA) is 81.3 Å².